The second kappa shape index (κ2) is 10.6. The quantitative estimate of drug-likeness (QED) is 0.550. The minimum absolute atomic E-state index is 0. The molecule has 2 heterocycles. The molecule has 2 aliphatic rings. The SMILES string of the molecule is Cl.Cn1cc(S(=O)(=O)N2CCN(C3(CNC(=O)c4ccc(F)cc4F)CCC(F)(F)CC3)CC2)nn1. The minimum atomic E-state index is -3.85. The molecule has 4 rings (SSSR count). The molecule has 0 spiro atoms. The summed E-state index contributed by atoms with van der Waals surface area (Å²) in [5.41, 5.74) is -1.20. The van der Waals surface area contributed by atoms with Crippen LogP contribution in [0.2, 0.25) is 0 Å². The van der Waals surface area contributed by atoms with Crippen molar-refractivity contribution >= 4 is 28.3 Å². The molecular formula is C21H27ClF4N6O3S. The Morgan fingerprint density at radius 3 is 2.28 bits per heavy atom. The van der Waals surface area contributed by atoms with Gasteiger partial charge in [0, 0.05) is 64.2 Å². The highest BCUT2D eigenvalue weighted by atomic mass is 35.5. The Morgan fingerprint density at radius 2 is 1.72 bits per heavy atom. The van der Waals surface area contributed by atoms with Crippen molar-refractivity contribution in [2.45, 2.75) is 42.2 Å². The predicted octanol–water partition coefficient (Wildman–Crippen LogP) is 2.20. The lowest BCUT2D eigenvalue weighted by Crippen LogP contribution is -2.63. The zero-order valence-corrected chi connectivity index (χ0v) is 21.1. The standard InChI is InChI=1S/C21H26F4N6O3S.ClH/c1-29-13-18(27-28-29)35(33,34)31-10-8-30(9-11-31)20(4-6-21(24,25)7-5-20)14-26-19(32)16-3-2-15(22)12-17(16)23;/h2-3,12-13H,4-11,14H2,1H3,(H,26,32);1H. The minimum Gasteiger partial charge on any atom is -0.350 e. The lowest BCUT2D eigenvalue weighted by molar-refractivity contribution is -0.0856. The number of benzene rings is 1. The Hall–Kier alpha value is -2.29. The van der Waals surface area contributed by atoms with Gasteiger partial charge in [0.2, 0.25) is 10.9 Å². The summed E-state index contributed by atoms with van der Waals surface area (Å²) in [5, 5.41) is 9.79. The number of nitrogens with one attached hydrogen (secondary N) is 1. The molecule has 0 bridgehead atoms. The van der Waals surface area contributed by atoms with Crippen LogP contribution in [0.15, 0.2) is 29.4 Å². The van der Waals surface area contributed by atoms with Crippen molar-refractivity contribution < 1.29 is 30.8 Å². The third-order valence-corrected chi connectivity index (χ3v) is 8.52. The van der Waals surface area contributed by atoms with E-state index in [0.29, 0.717) is 6.07 Å². The average molecular weight is 555 g/mol. The highest BCUT2D eigenvalue weighted by molar-refractivity contribution is 7.89. The fourth-order valence-electron chi connectivity index (χ4n) is 4.68. The van der Waals surface area contributed by atoms with Crippen LogP contribution in [-0.4, -0.2) is 82.7 Å². The molecule has 0 radical (unpaired) electrons. The number of carbonyl (C=O) groups is 1. The third-order valence-electron chi connectivity index (χ3n) is 6.76. The van der Waals surface area contributed by atoms with Crippen molar-refractivity contribution in [2.24, 2.45) is 7.05 Å². The number of piperazine rings is 1. The summed E-state index contributed by atoms with van der Waals surface area (Å²) in [6, 6.07) is 2.59. The Morgan fingerprint density at radius 1 is 1.08 bits per heavy atom. The molecule has 1 N–H and O–H groups in total. The number of aryl methyl sites for hydroxylation is 1. The van der Waals surface area contributed by atoms with Crippen molar-refractivity contribution in [1.29, 1.82) is 0 Å². The molecule has 1 saturated heterocycles. The van der Waals surface area contributed by atoms with E-state index in [-0.39, 0.29) is 81.4 Å². The first-order valence-electron chi connectivity index (χ1n) is 11.1. The van der Waals surface area contributed by atoms with Crippen LogP contribution in [0.1, 0.15) is 36.0 Å². The normalized spacial score (nSPS) is 20.5. The summed E-state index contributed by atoms with van der Waals surface area (Å²) in [7, 11) is -2.30. The number of rotatable bonds is 6. The molecule has 200 valence electrons. The molecule has 2 aromatic rings. The van der Waals surface area contributed by atoms with Crippen molar-refractivity contribution in [3.8, 4) is 0 Å². The Balaban J connectivity index is 0.00000361. The molecule has 9 nitrogen and oxygen atoms in total. The summed E-state index contributed by atoms with van der Waals surface area (Å²) in [5.74, 6) is -5.44. The third kappa shape index (κ3) is 5.82. The average Bonchev–Trinajstić information content (AvgIpc) is 3.26. The van der Waals surface area contributed by atoms with Gasteiger partial charge in [-0.2, -0.15) is 4.31 Å². The van der Waals surface area contributed by atoms with Gasteiger partial charge in [-0.25, -0.2) is 26.0 Å². The molecule has 1 aromatic carbocycles. The molecule has 1 amide bonds. The maximum atomic E-state index is 14.0. The Kier molecular flexibility index (Phi) is 8.33. The number of aromatic nitrogens is 3. The van der Waals surface area contributed by atoms with Gasteiger partial charge < -0.3 is 5.32 Å². The first kappa shape index (κ1) is 28.3. The van der Waals surface area contributed by atoms with E-state index in [1.807, 2.05) is 4.90 Å². The smallest absolute Gasteiger partial charge is 0.264 e. The summed E-state index contributed by atoms with van der Waals surface area (Å²) in [4.78, 5) is 14.5. The van der Waals surface area contributed by atoms with E-state index < -0.39 is 39.0 Å². The summed E-state index contributed by atoms with van der Waals surface area (Å²) in [6.45, 7) is 0.697. The topological polar surface area (TPSA) is 100 Å². The molecule has 0 unspecified atom stereocenters. The summed E-state index contributed by atoms with van der Waals surface area (Å²) in [6.07, 6.45) is 0.681. The van der Waals surface area contributed by atoms with Crippen LogP contribution in [0.3, 0.4) is 0 Å². The number of halogens is 5. The van der Waals surface area contributed by atoms with Crippen LogP contribution in [0, 0.1) is 11.6 Å². The zero-order chi connectivity index (χ0) is 25.4. The van der Waals surface area contributed by atoms with Crippen molar-refractivity contribution in [3.05, 3.63) is 41.6 Å². The Bertz CT molecular complexity index is 1190. The van der Waals surface area contributed by atoms with Crippen molar-refractivity contribution in [3.63, 3.8) is 0 Å². The summed E-state index contributed by atoms with van der Waals surface area (Å²) >= 11 is 0. The molecule has 2 fully saturated rings. The van der Waals surface area contributed by atoms with Gasteiger partial charge in [-0.05, 0) is 25.0 Å². The fraction of sp³-hybridized carbons (Fsp3) is 0.571. The van der Waals surface area contributed by atoms with Gasteiger partial charge in [-0.3, -0.25) is 14.4 Å². The van der Waals surface area contributed by atoms with Gasteiger partial charge in [0.05, 0.1) is 11.8 Å². The second-order valence-corrected chi connectivity index (χ2v) is 10.9. The van der Waals surface area contributed by atoms with E-state index in [1.165, 1.54) is 15.2 Å². The highest BCUT2D eigenvalue weighted by Gasteiger charge is 2.48. The molecule has 1 aliphatic heterocycles. The number of hydrogen-bond donors (Lipinski definition) is 1. The summed E-state index contributed by atoms with van der Waals surface area (Å²) < 4.78 is 83.4. The molecule has 1 aliphatic carbocycles. The lowest BCUT2D eigenvalue weighted by atomic mass is 9.78. The number of amides is 1. The first-order chi connectivity index (χ1) is 16.4. The van der Waals surface area contributed by atoms with Gasteiger partial charge >= 0.3 is 0 Å². The van der Waals surface area contributed by atoms with Crippen LogP contribution in [-0.2, 0) is 17.1 Å². The van der Waals surface area contributed by atoms with E-state index >= 15 is 0 Å². The largest absolute Gasteiger partial charge is 0.350 e. The van der Waals surface area contributed by atoms with E-state index in [0.717, 1.165) is 12.1 Å². The fourth-order valence-corrected chi connectivity index (χ4v) is 6.01. The highest BCUT2D eigenvalue weighted by Crippen LogP contribution is 2.42. The van der Waals surface area contributed by atoms with Crippen molar-refractivity contribution in [1.82, 2.24) is 29.5 Å². The van der Waals surface area contributed by atoms with Gasteiger partial charge in [0.1, 0.15) is 11.6 Å². The lowest BCUT2D eigenvalue weighted by Gasteiger charge is -2.50. The number of sulfonamides is 1. The van der Waals surface area contributed by atoms with Crippen LogP contribution in [0.25, 0.3) is 0 Å². The maximum Gasteiger partial charge on any atom is 0.264 e. The van der Waals surface area contributed by atoms with E-state index in [9.17, 15) is 30.8 Å². The molecule has 1 aromatic heterocycles. The zero-order valence-electron chi connectivity index (χ0n) is 19.5. The van der Waals surface area contributed by atoms with E-state index in [4.69, 9.17) is 0 Å². The molecule has 15 heteroatoms. The second-order valence-electron chi connectivity index (χ2n) is 9.01. The van der Waals surface area contributed by atoms with Crippen LogP contribution < -0.4 is 5.32 Å². The molecular weight excluding hydrogens is 528 g/mol. The van der Waals surface area contributed by atoms with Crippen LogP contribution in [0.4, 0.5) is 17.6 Å². The number of alkyl halides is 2. The van der Waals surface area contributed by atoms with Gasteiger partial charge in [0.15, 0.2) is 0 Å². The van der Waals surface area contributed by atoms with E-state index in [1.54, 1.807) is 7.05 Å². The van der Waals surface area contributed by atoms with Crippen LogP contribution >= 0.6 is 12.4 Å². The molecule has 0 atom stereocenters. The maximum absolute atomic E-state index is 14.0. The van der Waals surface area contributed by atoms with Crippen molar-refractivity contribution in [2.75, 3.05) is 32.7 Å². The number of carbonyl (C=O) groups excluding carboxylic acids is 1. The molecule has 36 heavy (non-hydrogen) atoms. The van der Waals surface area contributed by atoms with Crippen LogP contribution in [0.5, 0.6) is 0 Å². The Labute approximate surface area is 212 Å². The first-order valence-corrected chi connectivity index (χ1v) is 12.6. The number of hydrogen-bond acceptors (Lipinski definition) is 6. The monoisotopic (exact) mass is 554 g/mol. The van der Waals surface area contributed by atoms with Gasteiger partial charge in [0.25, 0.3) is 15.9 Å². The number of nitrogens with zero attached hydrogens (tertiary/aromatic N) is 5. The van der Waals surface area contributed by atoms with Gasteiger partial charge in [-0.1, -0.05) is 5.21 Å². The van der Waals surface area contributed by atoms with Gasteiger partial charge in [-0.15, -0.1) is 17.5 Å². The molecule has 1 saturated carbocycles. The predicted molar refractivity (Wildman–Crippen MR) is 123 cm³/mol. The van der Waals surface area contributed by atoms with E-state index in [2.05, 4.69) is 15.6 Å².